The molecule has 1 N–H and O–H groups in total. The number of benzene rings is 1. The van der Waals surface area contributed by atoms with Crippen molar-refractivity contribution in [2.45, 2.75) is 31.8 Å². The zero-order chi connectivity index (χ0) is 14.2. The van der Waals surface area contributed by atoms with E-state index in [1.54, 1.807) is 0 Å². The number of hydrogen-bond acceptors (Lipinski definition) is 3. The number of anilines is 1. The molecule has 0 aliphatic rings. The van der Waals surface area contributed by atoms with E-state index >= 15 is 0 Å². The van der Waals surface area contributed by atoms with E-state index in [2.05, 4.69) is 60.5 Å². The zero-order valence-corrected chi connectivity index (χ0v) is 13.0. The van der Waals surface area contributed by atoms with Crippen LogP contribution in [0.25, 0.3) is 0 Å². The Morgan fingerprint density at radius 2 is 1.95 bits per heavy atom. The van der Waals surface area contributed by atoms with Crippen molar-refractivity contribution in [3.05, 3.63) is 59.3 Å². The fourth-order valence-corrected chi connectivity index (χ4v) is 2.87. The van der Waals surface area contributed by atoms with E-state index in [4.69, 9.17) is 0 Å². The zero-order valence-electron chi connectivity index (χ0n) is 12.2. The van der Waals surface area contributed by atoms with Gasteiger partial charge in [0.2, 0.25) is 0 Å². The molecular weight excluding hydrogens is 264 g/mol. The van der Waals surface area contributed by atoms with E-state index < -0.39 is 0 Å². The van der Waals surface area contributed by atoms with Crippen LogP contribution in [0.5, 0.6) is 0 Å². The molecule has 20 heavy (non-hydrogen) atoms. The molecule has 3 heteroatoms. The van der Waals surface area contributed by atoms with E-state index in [-0.39, 0.29) is 0 Å². The van der Waals surface area contributed by atoms with Crippen molar-refractivity contribution >= 4 is 17.6 Å². The highest BCUT2D eigenvalue weighted by atomic mass is 32.2. The van der Waals surface area contributed by atoms with Crippen LogP contribution in [0.2, 0.25) is 0 Å². The number of hydrogen-bond donors (Lipinski definition) is 1. The lowest BCUT2D eigenvalue weighted by Gasteiger charge is -2.06. The number of thioether (sulfide) groups is 1. The molecule has 1 heterocycles. The molecule has 0 spiro atoms. The fourth-order valence-electron chi connectivity index (χ4n) is 1.99. The van der Waals surface area contributed by atoms with Crippen molar-refractivity contribution in [1.29, 1.82) is 0 Å². The Hall–Kier alpha value is -1.48. The summed E-state index contributed by atoms with van der Waals surface area (Å²) in [6.07, 6.45) is 1.12. The summed E-state index contributed by atoms with van der Waals surface area (Å²) in [5, 5.41) is 3.33. The summed E-state index contributed by atoms with van der Waals surface area (Å²) < 4.78 is 0. The summed E-state index contributed by atoms with van der Waals surface area (Å²) >= 11 is 1.91. The van der Waals surface area contributed by atoms with Crippen LogP contribution in [0.4, 0.5) is 5.82 Å². The lowest BCUT2D eigenvalue weighted by Crippen LogP contribution is -2.02. The Labute approximate surface area is 126 Å². The Kier molecular flexibility index (Phi) is 5.93. The van der Waals surface area contributed by atoms with Crippen LogP contribution in [0.1, 0.15) is 30.2 Å². The third-order valence-electron chi connectivity index (χ3n) is 2.96. The number of nitrogens with zero attached hydrogens (tertiary/aromatic N) is 1. The Balaban J connectivity index is 1.84. The molecule has 106 valence electrons. The Morgan fingerprint density at radius 1 is 1.10 bits per heavy atom. The van der Waals surface area contributed by atoms with Crippen molar-refractivity contribution < 1.29 is 0 Å². The molecule has 0 saturated heterocycles. The second-order valence-corrected chi connectivity index (χ2v) is 5.91. The van der Waals surface area contributed by atoms with Crippen molar-refractivity contribution in [3.8, 4) is 0 Å². The minimum atomic E-state index is 0.954. The minimum absolute atomic E-state index is 0.954. The van der Waals surface area contributed by atoms with Crippen LogP contribution < -0.4 is 5.32 Å². The molecule has 0 atom stereocenters. The fraction of sp³-hybridized carbons (Fsp3) is 0.353. The maximum absolute atomic E-state index is 4.63. The monoisotopic (exact) mass is 286 g/mol. The van der Waals surface area contributed by atoms with Crippen LogP contribution >= 0.6 is 11.8 Å². The van der Waals surface area contributed by atoms with Crippen LogP contribution in [0.15, 0.2) is 42.5 Å². The third kappa shape index (κ3) is 4.89. The first-order chi connectivity index (χ1) is 9.78. The standard InChI is InChI=1S/C17H22N2S/c1-3-10-18-17-9-5-8-16(19-17)13-20-12-15-7-4-6-14(2)11-15/h4-9,11H,3,10,12-13H2,1-2H3,(H,18,19). The molecule has 0 amide bonds. The first-order valence-corrected chi connectivity index (χ1v) is 8.26. The molecule has 0 unspecified atom stereocenters. The molecular formula is C17H22N2S. The molecule has 0 fully saturated rings. The normalized spacial score (nSPS) is 10.5. The molecule has 1 aromatic heterocycles. The quantitative estimate of drug-likeness (QED) is 0.802. The molecule has 1 aromatic carbocycles. The Bertz CT molecular complexity index is 540. The number of pyridine rings is 1. The molecule has 0 bridgehead atoms. The topological polar surface area (TPSA) is 24.9 Å². The summed E-state index contributed by atoms with van der Waals surface area (Å²) in [5.41, 5.74) is 3.85. The average Bonchev–Trinajstić information content (AvgIpc) is 2.46. The van der Waals surface area contributed by atoms with E-state index in [0.29, 0.717) is 0 Å². The van der Waals surface area contributed by atoms with Gasteiger partial charge in [-0.1, -0.05) is 42.8 Å². The van der Waals surface area contributed by atoms with Crippen molar-refractivity contribution in [3.63, 3.8) is 0 Å². The average molecular weight is 286 g/mol. The van der Waals surface area contributed by atoms with Crippen molar-refractivity contribution in [1.82, 2.24) is 4.98 Å². The molecule has 0 saturated carbocycles. The van der Waals surface area contributed by atoms with Gasteiger partial charge in [0, 0.05) is 18.1 Å². The maximum atomic E-state index is 4.63. The summed E-state index contributed by atoms with van der Waals surface area (Å²) in [6, 6.07) is 14.9. The van der Waals surface area contributed by atoms with Gasteiger partial charge < -0.3 is 5.32 Å². The summed E-state index contributed by atoms with van der Waals surface area (Å²) in [7, 11) is 0. The van der Waals surface area contributed by atoms with Crippen LogP contribution in [0.3, 0.4) is 0 Å². The highest BCUT2D eigenvalue weighted by Gasteiger charge is 1.99. The van der Waals surface area contributed by atoms with Crippen LogP contribution in [-0.4, -0.2) is 11.5 Å². The molecule has 2 rings (SSSR count). The van der Waals surface area contributed by atoms with E-state index in [9.17, 15) is 0 Å². The largest absolute Gasteiger partial charge is 0.370 e. The molecule has 2 nitrogen and oxygen atoms in total. The van der Waals surface area contributed by atoms with E-state index in [1.165, 1.54) is 11.1 Å². The van der Waals surface area contributed by atoms with Gasteiger partial charge in [-0.2, -0.15) is 11.8 Å². The van der Waals surface area contributed by atoms with Gasteiger partial charge in [-0.05, 0) is 31.0 Å². The van der Waals surface area contributed by atoms with Gasteiger partial charge >= 0.3 is 0 Å². The summed E-state index contributed by atoms with van der Waals surface area (Å²) in [5.74, 6) is 2.98. The summed E-state index contributed by atoms with van der Waals surface area (Å²) in [4.78, 5) is 4.63. The second kappa shape index (κ2) is 7.95. The molecule has 0 aliphatic carbocycles. The van der Waals surface area contributed by atoms with Crippen LogP contribution in [-0.2, 0) is 11.5 Å². The first-order valence-electron chi connectivity index (χ1n) is 7.11. The number of aryl methyl sites for hydroxylation is 1. The highest BCUT2D eigenvalue weighted by molar-refractivity contribution is 7.97. The predicted molar refractivity (Wildman–Crippen MR) is 89.2 cm³/mol. The first kappa shape index (κ1) is 14.9. The maximum Gasteiger partial charge on any atom is 0.126 e. The van der Waals surface area contributed by atoms with Gasteiger partial charge in [0.25, 0.3) is 0 Å². The predicted octanol–water partition coefficient (Wildman–Crippen LogP) is 4.65. The van der Waals surface area contributed by atoms with Crippen molar-refractivity contribution in [2.24, 2.45) is 0 Å². The van der Waals surface area contributed by atoms with Gasteiger partial charge in [0.05, 0.1) is 5.69 Å². The number of nitrogens with one attached hydrogen (secondary N) is 1. The Morgan fingerprint density at radius 3 is 2.75 bits per heavy atom. The second-order valence-electron chi connectivity index (χ2n) is 4.92. The lowest BCUT2D eigenvalue weighted by molar-refractivity contribution is 0.965. The van der Waals surface area contributed by atoms with E-state index in [0.717, 1.165) is 36.0 Å². The number of aromatic nitrogens is 1. The van der Waals surface area contributed by atoms with Gasteiger partial charge in [0.15, 0.2) is 0 Å². The molecule has 2 aromatic rings. The van der Waals surface area contributed by atoms with E-state index in [1.807, 2.05) is 17.8 Å². The molecule has 0 aliphatic heterocycles. The third-order valence-corrected chi connectivity index (χ3v) is 4.00. The van der Waals surface area contributed by atoms with Gasteiger partial charge in [-0.25, -0.2) is 4.98 Å². The SMILES string of the molecule is CCCNc1cccc(CSCc2cccc(C)c2)n1. The highest BCUT2D eigenvalue weighted by Crippen LogP contribution is 2.18. The minimum Gasteiger partial charge on any atom is -0.370 e. The van der Waals surface area contributed by atoms with Gasteiger partial charge in [-0.3, -0.25) is 0 Å². The number of rotatable bonds is 7. The van der Waals surface area contributed by atoms with Gasteiger partial charge in [-0.15, -0.1) is 0 Å². The summed E-state index contributed by atoms with van der Waals surface area (Å²) in [6.45, 7) is 5.28. The van der Waals surface area contributed by atoms with Crippen molar-refractivity contribution in [2.75, 3.05) is 11.9 Å². The van der Waals surface area contributed by atoms with Crippen LogP contribution in [0, 0.1) is 6.92 Å². The molecule has 0 radical (unpaired) electrons. The smallest absolute Gasteiger partial charge is 0.126 e. The lowest BCUT2D eigenvalue weighted by atomic mass is 10.2. The van der Waals surface area contributed by atoms with Gasteiger partial charge in [0.1, 0.15) is 5.82 Å².